The Balaban J connectivity index is 1.77. The standard InChI is InChI=1S/C15H20N4O/c1-10-4-3-5-11(2)19(10)18-15(20)12-6-7-13-14(8-12)17-9-16-13/h6-11H,3-5H2,1-2H3,(H,16,17)(H,18,20). The molecule has 106 valence electrons. The average molecular weight is 272 g/mol. The predicted octanol–water partition coefficient (Wildman–Crippen LogP) is 2.47. The lowest BCUT2D eigenvalue weighted by Crippen LogP contribution is -2.54. The van der Waals surface area contributed by atoms with E-state index in [0.717, 1.165) is 23.9 Å². The van der Waals surface area contributed by atoms with Crippen LogP contribution in [0.5, 0.6) is 0 Å². The van der Waals surface area contributed by atoms with E-state index in [1.165, 1.54) is 6.42 Å². The van der Waals surface area contributed by atoms with Gasteiger partial charge in [-0.3, -0.25) is 10.2 Å². The zero-order valence-corrected chi connectivity index (χ0v) is 11.9. The number of fused-ring (bicyclic) bond motifs is 1. The number of nitrogens with one attached hydrogen (secondary N) is 2. The molecular formula is C15H20N4O. The maximum Gasteiger partial charge on any atom is 0.265 e. The first kappa shape index (κ1) is 13.1. The maximum absolute atomic E-state index is 12.4. The molecule has 2 unspecified atom stereocenters. The summed E-state index contributed by atoms with van der Waals surface area (Å²) in [5.41, 5.74) is 5.47. The Bertz CT molecular complexity index is 611. The van der Waals surface area contributed by atoms with E-state index in [4.69, 9.17) is 0 Å². The van der Waals surface area contributed by atoms with Gasteiger partial charge in [-0.05, 0) is 44.9 Å². The van der Waals surface area contributed by atoms with Crippen molar-refractivity contribution in [3.8, 4) is 0 Å². The van der Waals surface area contributed by atoms with Crippen molar-refractivity contribution in [2.24, 2.45) is 0 Å². The highest BCUT2D eigenvalue weighted by molar-refractivity contribution is 5.97. The molecule has 1 fully saturated rings. The summed E-state index contributed by atoms with van der Waals surface area (Å²) < 4.78 is 0. The molecule has 1 amide bonds. The van der Waals surface area contributed by atoms with Gasteiger partial charge in [0.15, 0.2) is 0 Å². The van der Waals surface area contributed by atoms with Crippen LogP contribution < -0.4 is 5.43 Å². The van der Waals surface area contributed by atoms with E-state index in [1.54, 1.807) is 6.33 Å². The minimum absolute atomic E-state index is 0.0536. The van der Waals surface area contributed by atoms with E-state index < -0.39 is 0 Å². The molecular weight excluding hydrogens is 252 g/mol. The normalized spacial score (nSPS) is 23.9. The van der Waals surface area contributed by atoms with Crippen molar-refractivity contribution >= 4 is 16.9 Å². The fourth-order valence-corrected chi connectivity index (χ4v) is 2.90. The first-order chi connectivity index (χ1) is 9.65. The molecule has 20 heavy (non-hydrogen) atoms. The fourth-order valence-electron chi connectivity index (χ4n) is 2.90. The van der Waals surface area contributed by atoms with E-state index in [0.29, 0.717) is 17.6 Å². The van der Waals surface area contributed by atoms with Crippen molar-refractivity contribution in [2.45, 2.75) is 45.2 Å². The van der Waals surface area contributed by atoms with Gasteiger partial charge < -0.3 is 4.98 Å². The Labute approximate surface area is 118 Å². The Morgan fingerprint density at radius 2 is 2.10 bits per heavy atom. The average Bonchev–Trinajstić information content (AvgIpc) is 2.90. The quantitative estimate of drug-likeness (QED) is 0.883. The molecule has 1 aliphatic rings. The molecule has 5 nitrogen and oxygen atoms in total. The van der Waals surface area contributed by atoms with Crippen molar-refractivity contribution < 1.29 is 4.79 Å². The van der Waals surface area contributed by atoms with Crippen LogP contribution in [-0.2, 0) is 0 Å². The number of amides is 1. The Morgan fingerprint density at radius 1 is 1.35 bits per heavy atom. The molecule has 2 atom stereocenters. The second-order valence-electron chi connectivity index (χ2n) is 5.61. The minimum atomic E-state index is -0.0536. The summed E-state index contributed by atoms with van der Waals surface area (Å²) in [6.07, 6.45) is 5.13. The molecule has 0 spiro atoms. The van der Waals surface area contributed by atoms with Crippen LogP contribution in [-0.4, -0.2) is 33.0 Å². The van der Waals surface area contributed by atoms with Gasteiger partial charge in [-0.25, -0.2) is 9.99 Å². The van der Waals surface area contributed by atoms with Crippen LogP contribution in [0, 0.1) is 0 Å². The molecule has 2 aromatic rings. The Hall–Kier alpha value is -1.88. The molecule has 0 saturated carbocycles. The number of piperidine rings is 1. The minimum Gasteiger partial charge on any atom is -0.345 e. The van der Waals surface area contributed by atoms with Gasteiger partial charge in [0.05, 0.1) is 17.4 Å². The molecule has 0 radical (unpaired) electrons. The third-order valence-electron chi connectivity index (χ3n) is 4.11. The number of carbonyl (C=O) groups excluding carboxylic acids is 1. The number of rotatable bonds is 2. The maximum atomic E-state index is 12.4. The predicted molar refractivity (Wildman–Crippen MR) is 78.2 cm³/mol. The zero-order chi connectivity index (χ0) is 14.1. The van der Waals surface area contributed by atoms with E-state index >= 15 is 0 Å². The summed E-state index contributed by atoms with van der Waals surface area (Å²) in [5.74, 6) is -0.0536. The molecule has 1 aromatic carbocycles. The monoisotopic (exact) mass is 272 g/mol. The van der Waals surface area contributed by atoms with E-state index in [1.807, 2.05) is 18.2 Å². The molecule has 0 aliphatic carbocycles. The van der Waals surface area contributed by atoms with Gasteiger partial charge in [0.2, 0.25) is 0 Å². The first-order valence-corrected chi connectivity index (χ1v) is 7.17. The van der Waals surface area contributed by atoms with Crippen LogP contribution in [0.25, 0.3) is 11.0 Å². The molecule has 1 aliphatic heterocycles. The van der Waals surface area contributed by atoms with Crippen molar-refractivity contribution in [1.82, 2.24) is 20.4 Å². The van der Waals surface area contributed by atoms with Gasteiger partial charge in [-0.2, -0.15) is 0 Å². The molecule has 1 aromatic heterocycles. The van der Waals surface area contributed by atoms with E-state index in [-0.39, 0.29) is 5.91 Å². The largest absolute Gasteiger partial charge is 0.345 e. The third kappa shape index (κ3) is 2.41. The fraction of sp³-hybridized carbons (Fsp3) is 0.467. The molecule has 3 rings (SSSR count). The first-order valence-electron chi connectivity index (χ1n) is 7.17. The van der Waals surface area contributed by atoms with Gasteiger partial charge in [0.1, 0.15) is 0 Å². The highest BCUT2D eigenvalue weighted by atomic mass is 16.2. The van der Waals surface area contributed by atoms with Gasteiger partial charge in [0, 0.05) is 17.6 Å². The van der Waals surface area contributed by atoms with Gasteiger partial charge >= 0.3 is 0 Å². The van der Waals surface area contributed by atoms with Crippen molar-refractivity contribution in [3.05, 3.63) is 30.1 Å². The number of hydrogen-bond acceptors (Lipinski definition) is 3. The summed E-state index contributed by atoms with van der Waals surface area (Å²) in [4.78, 5) is 19.6. The number of H-pyrrole nitrogens is 1. The summed E-state index contributed by atoms with van der Waals surface area (Å²) >= 11 is 0. The van der Waals surface area contributed by atoms with Crippen LogP contribution in [0.15, 0.2) is 24.5 Å². The number of benzene rings is 1. The summed E-state index contributed by atoms with van der Waals surface area (Å²) in [7, 11) is 0. The van der Waals surface area contributed by atoms with Crippen LogP contribution in [0.2, 0.25) is 0 Å². The molecule has 5 heteroatoms. The van der Waals surface area contributed by atoms with Crippen LogP contribution in [0.3, 0.4) is 0 Å². The third-order valence-corrected chi connectivity index (χ3v) is 4.11. The number of aromatic amines is 1. The zero-order valence-electron chi connectivity index (χ0n) is 11.9. The number of nitrogens with zero attached hydrogens (tertiary/aromatic N) is 2. The number of hydrazine groups is 1. The SMILES string of the molecule is CC1CCCC(C)N1NC(=O)c1ccc2nc[nH]c2c1. The van der Waals surface area contributed by atoms with Crippen LogP contribution in [0.4, 0.5) is 0 Å². The van der Waals surface area contributed by atoms with Gasteiger partial charge in [-0.1, -0.05) is 6.42 Å². The lowest BCUT2D eigenvalue weighted by Gasteiger charge is -2.38. The second kappa shape index (κ2) is 5.25. The summed E-state index contributed by atoms with van der Waals surface area (Å²) in [5, 5.41) is 2.09. The lowest BCUT2D eigenvalue weighted by molar-refractivity contribution is 0.0370. The van der Waals surface area contributed by atoms with Crippen molar-refractivity contribution in [2.75, 3.05) is 0 Å². The number of imidazole rings is 1. The molecule has 0 bridgehead atoms. The molecule has 2 N–H and O–H groups in total. The van der Waals surface area contributed by atoms with Crippen LogP contribution >= 0.6 is 0 Å². The Kier molecular flexibility index (Phi) is 3.44. The van der Waals surface area contributed by atoms with Crippen molar-refractivity contribution in [1.29, 1.82) is 0 Å². The highest BCUT2D eigenvalue weighted by Crippen LogP contribution is 2.20. The molecule has 1 saturated heterocycles. The number of aromatic nitrogens is 2. The van der Waals surface area contributed by atoms with E-state index in [9.17, 15) is 4.79 Å². The smallest absolute Gasteiger partial charge is 0.265 e. The summed E-state index contributed by atoms with van der Waals surface area (Å²) in [6, 6.07) is 6.30. The van der Waals surface area contributed by atoms with Crippen LogP contribution in [0.1, 0.15) is 43.5 Å². The topological polar surface area (TPSA) is 61.0 Å². The summed E-state index contributed by atoms with van der Waals surface area (Å²) in [6.45, 7) is 4.32. The van der Waals surface area contributed by atoms with Gasteiger partial charge in [-0.15, -0.1) is 0 Å². The number of carbonyl (C=O) groups is 1. The Morgan fingerprint density at radius 3 is 2.85 bits per heavy atom. The van der Waals surface area contributed by atoms with Gasteiger partial charge in [0.25, 0.3) is 5.91 Å². The lowest BCUT2D eigenvalue weighted by atomic mass is 10.00. The van der Waals surface area contributed by atoms with E-state index in [2.05, 4.69) is 34.3 Å². The number of hydrogen-bond donors (Lipinski definition) is 2. The second-order valence-corrected chi connectivity index (χ2v) is 5.61. The molecule has 2 heterocycles. The van der Waals surface area contributed by atoms with Crippen molar-refractivity contribution in [3.63, 3.8) is 0 Å². The highest BCUT2D eigenvalue weighted by Gasteiger charge is 2.26.